The van der Waals surface area contributed by atoms with Crippen LogP contribution in [0.1, 0.15) is 46.5 Å². The highest BCUT2D eigenvalue weighted by Gasteiger charge is 2.30. The molecule has 148 valence electrons. The minimum absolute atomic E-state index is 0.132. The molecule has 0 atom stereocenters. The molecule has 5 heteroatoms. The van der Waals surface area contributed by atoms with E-state index in [1.54, 1.807) is 4.90 Å². The molecule has 2 aromatic carbocycles. The van der Waals surface area contributed by atoms with Gasteiger partial charge in [-0.3, -0.25) is 9.59 Å². The van der Waals surface area contributed by atoms with Gasteiger partial charge in [-0.1, -0.05) is 30.4 Å². The van der Waals surface area contributed by atoms with Crippen molar-refractivity contribution in [3.05, 3.63) is 76.1 Å². The van der Waals surface area contributed by atoms with E-state index in [0.717, 1.165) is 39.0 Å². The Morgan fingerprint density at radius 2 is 1.97 bits per heavy atom. The number of primary amides is 1. The number of nitrogens with two attached hydrogens (primary N) is 1. The molecule has 0 fully saturated rings. The number of halogens is 1. The number of rotatable bonds is 3. The number of amides is 2. The van der Waals surface area contributed by atoms with E-state index in [1.807, 2.05) is 32.0 Å². The minimum Gasteiger partial charge on any atom is -0.366 e. The summed E-state index contributed by atoms with van der Waals surface area (Å²) in [5, 5.41) is 0. The maximum atomic E-state index is 15.4. The molecule has 1 aliphatic carbocycles. The van der Waals surface area contributed by atoms with Gasteiger partial charge in [0.25, 0.3) is 0 Å². The fraction of sp³-hybridized carbons (Fsp3) is 0.250. The highest BCUT2D eigenvalue weighted by molar-refractivity contribution is 6.00. The lowest BCUT2D eigenvalue weighted by Crippen LogP contribution is -2.35. The third-order valence-electron chi connectivity index (χ3n) is 6.14. The smallest absolute Gasteiger partial charge is 0.249 e. The fourth-order valence-electron chi connectivity index (χ4n) is 4.52. The van der Waals surface area contributed by atoms with Gasteiger partial charge < -0.3 is 10.6 Å². The van der Waals surface area contributed by atoms with Crippen LogP contribution in [0.15, 0.2) is 42.5 Å². The van der Waals surface area contributed by atoms with Crippen LogP contribution in [0.25, 0.3) is 16.7 Å². The summed E-state index contributed by atoms with van der Waals surface area (Å²) in [6.07, 6.45) is 2.60. The first-order valence-electron chi connectivity index (χ1n) is 9.67. The van der Waals surface area contributed by atoms with E-state index in [9.17, 15) is 9.59 Å². The Bertz CT molecular complexity index is 1110. The van der Waals surface area contributed by atoms with Crippen LogP contribution in [0, 0.1) is 5.82 Å². The minimum atomic E-state index is -0.618. The number of hydrogen-bond acceptors (Lipinski definition) is 2. The van der Waals surface area contributed by atoms with Gasteiger partial charge in [0.05, 0.1) is 0 Å². The molecule has 2 amide bonds. The first-order chi connectivity index (χ1) is 13.8. The monoisotopic (exact) mass is 390 g/mol. The Kier molecular flexibility index (Phi) is 4.61. The summed E-state index contributed by atoms with van der Waals surface area (Å²) in [5.74, 6) is -1.22. The third-order valence-corrected chi connectivity index (χ3v) is 6.14. The van der Waals surface area contributed by atoms with E-state index in [0.29, 0.717) is 31.5 Å². The van der Waals surface area contributed by atoms with Gasteiger partial charge in [0, 0.05) is 24.2 Å². The molecule has 0 saturated carbocycles. The van der Waals surface area contributed by atoms with Gasteiger partial charge in [-0.2, -0.15) is 0 Å². The molecule has 0 aromatic heterocycles. The van der Waals surface area contributed by atoms with Gasteiger partial charge in [0.15, 0.2) is 0 Å². The maximum absolute atomic E-state index is 15.4. The van der Waals surface area contributed by atoms with Crippen LogP contribution < -0.4 is 5.73 Å². The average Bonchev–Trinajstić information content (AvgIpc) is 3.00. The second-order valence-electron chi connectivity index (χ2n) is 7.74. The molecule has 29 heavy (non-hydrogen) atoms. The molecule has 4 nitrogen and oxygen atoms in total. The summed E-state index contributed by atoms with van der Waals surface area (Å²) in [6.45, 7) is 8.54. The number of carbonyl (C=O) groups excluding carboxylic acids is 2. The molecule has 0 unspecified atom stereocenters. The predicted molar refractivity (Wildman–Crippen MR) is 112 cm³/mol. The van der Waals surface area contributed by atoms with Crippen molar-refractivity contribution in [3.8, 4) is 11.1 Å². The zero-order valence-corrected chi connectivity index (χ0v) is 16.6. The van der Waals surface area contributed by atoms with Crippen LogP contribution in [-0.2, 0) is 24.2 Å². The van der Waals surface area contributed by atoms with Crippen LogP contribution in [0.4, 0.5) is 4.39 Å². The molecule has 0 radical (unpaired) electrons. The van der Waals surface area contributed by atoms with Gasteiger partial charge in [-0.25, -0.2) is 4.39 Å². The Balaban J connectivity index is 1.97. The predicted octanol–water partition coefficient (Wildman–Crippen LogP) is 4.01. The molecular weight excluding hydrogens is 367 g/mol. The van der Waals surface area contributed by atoms with E-state index in [-0.39, 0.29) is 11.5 Å². The van der Waals surface area contributed by atoms with Crippen LogP contribution >= 0.6 is 0 Å². The van der Waals surface area contributed by atoms with Crippen LogP contribution in [0.5, 0.6) is 0 Å². The standard InChI is InChI=1S/C24H23FN2O2/c1-4-21(28)27-9-8-15-6-5-7-16(19(15)12-27)23-20(25)11-18(24(26)29)17-10-13(2)14(3)22(17)23/h4-7,11H,1,8-10,12H2,2-3H3,(H2,26,29). The normalized spacial score (nSPS) is 15.2. The van der Waals surface area contributed by atoms with Crippen molar-refractivity contribution in [2.24, 2.45) is 5.73 Å². The van der Waals surface area contributed by atoms with Crippen molar-refractivity contribution in [1.29, 1.82) is 0 Å². The van der Waals surface area contributed by atoms with E-state index in [4.69, 9.17) is 5.73 Å². The number of benzene rings is 2. The van der Waals surface area contributed by atoms with Crippen molar-refractivity contribution in [3.63, 3.8) is 0 Å². The number of allylic oxidation sites excluding steroid dienone is 2. The summed E-state index contributed by atoms with van der Waals surface area (Å²) < 4.78 is 15.4. The Hall–Kier alpha value is -3.21. The Morgan fingerprint density at radius 3 is 2.66 bits per heavy atom. The van der Waals surface area contributed by atoms with Gasteiger partial charge in [-0.15, -0.1) is 0 Å². The molecular formula is C24H23FN2O2. The van der Waals surface area contributed by atoms with Crippen molar-refractivity contribution < 1.29 is 14.0 Å². The van der Waals surface area contributed by atoms with Gasteiger partial charge in [-0.05, 0) is 72.2 Å². The molecule has 0 spiro atoms. The van der Waals surface area contributed by atoms with Crippen molar-refractivity contribution >= 4 is 17.4 Å². The maximum Gasteiger partial charge on any atom is 0.249 e. The third kappa shape index (κ3) is 2.97. The quantitative estimate of drug-likeness (QED) is 0.805. The van der Waals surface area contributed by atoms with E-state index >= 15 is 4.39 Å². The highest BCUT2D eigenvalue weighted by atomic mass is 19.1. The topological polar surface area (TPSA) is 63.4 Å². The molecule has 2 aromatic rings. The number of fused-ring (bicyclic) bond motifs is 2. The zero-order valence-electron chi connectivity index (χ0n) is 16.6. The summed E-state index contributed by atoms with van der Waals surface area (Å²) in [4.78, 5) is 25.8. The summed E-state index contributed by atoms with van der Waals surface area (Å²) in [5.41, 5.74) is 12.7. The van der Waals surface area contributed by atoms with Gasteiger partial charge >= 0.3 is 0 Å². The molecule has 2 N–H and O–H groups in total. The number of carbonyl (C=O) groups is 2. The summed E-state index contributed by atoms with van der Waals surface area (Å²) in [7, 11) is 0. The summed E-state index contributed by atoms with van der Waals surface area (Å²) >= 11 is 0. The second kappa shape index (κ2) is 6.99. The molecule has 2 aliphatic rings. The SMILES string of the molecule is C=CC(=O)N1CCc2cccc(-c3c(F)cc(C(N)=O)c4c3C(C)=C(C)C4)c2C1. The van der Waals surface area contributed by atoms with Crippen LogP contribution in [-0.4, -0.2) is 23.3 Å². The van der Waals surface area contributed by atoms with E-state index in [2.05, 4.69) is 6.58 Å². The Morgan fingerprint density at radius 1 is 1.21 bits per heavy atom. The van der Waals surface area contributed by atoms with Crippen molar-refractivity contribution in [2.45, 2.75) is 33.2 Å². The highest BCUT2D eigenvalue weighted by Crippen LogP contribution is 2.44. The first kappa shape index (κ1) is 19.1. The lowest BCUT2D eigenvalue weighted by atomic mass is 9.85. The Labute approximate surface area is 169 Å². The molecule has 0 saturated heterocycles. The largest absolute Gasteiger partial charge is 0.366 e. The van der Waals surface area contributed by atoms with E-state index in [1.165, 1.54) is 12.1 Å². The summed E-state index contributed by atoms with van der Waals surface area (Å²) in [6, 6.07) is 7.10. The zero-order chi connectivity index (χ0) is 20.9. The van der Waals surface area contributed by atoms with Crippen molar-refractivity contribution in [1.82, 2.24) is 4.90 Å². The number of nitrogens with zero attached hydrogens (tertiary/aromatic N) is 1. The first-order valence-corrected chi connectivity index (χ1v) is 9.67. The lowest BCUT2D eigenvalue weighted by Gasteiger charge is -2.30. The average molecular weight is 390 g/mol. The van der Waals surface area contributed by atoms with Gasteiger partial charge in [0.2, 0.25) is 11.8 Å². The number of hydrogen-bond donors (Lipinski definition) is 1. The van der Waals surface area contributed by atoms with Crippen molar-refractivity contribution in [2.75, 3.05) is 6.54 Å². The molecule has 0 bridgehead atoms. The fourth-order valence-corrected chi connectivity index (χ4v) is 4.52. The van der Waals surface area contributed by atoms with E-state index < -0.39 is 11.7 Å². The molecule has 4 rings (SSSR count). The molecule has 1 heterocycles. The van der Waals surface area contributed by atoms with Gasteiger partial charge in [0.1, 0.15) is 5.82 Å². The second-order valence-corrected chi connectivity index (χ2v) is 7.74. The van der Waals surface area contributed by atoms with Crippen LogP contribution in [0.3, 0.4) is 0 Å². The lowest BCUT2D eigenvalue weighted by molar-refractivity contribution is -0.126. The van der Waals surface area contributed by atoms with Crippen LogP contribution in [0.2, 0.25) is 0 Å². The molecule has 1 aliphatic heterocycles.